The Balaban J connectivity index is 2.18. The molecule has 19 heavy (non-hydrogen) atoms. The molecule has 2 rings (SSSR count). The second-order valence-electron chi connectivity index (χ2n) is 4.65. The third kappa shape index (κ3) is 3.25. The van der Waals surface area contributed by atoms with E-state index in [0.717, 1.165) is 31.5 Å². The van der Waals surface area contributed by atoms with Gasteiger partial charge in [-0.25, -0.2) is 12.8 Å². The normalized spacial score (nSPS) is 20.1. The van der Waals surface area contributed by atoms with Gasteiger partial charge in [0.1, 0.15) is 5.82 Å². The Morgan fingerprint density at radius 2 is 2.26 bits per heavy atom. The van der Waals surface area contributed by atoms with Crippen molar-refractivity contribution in [3.63, 3.8) is 0 Å². The van der Waals surface area contributed by atoms with Crippen LogP contribution >= 0.6 is 11.6 Å². The van der Waals surface area contributed by atoms with E-state index in [2.05, 4.69) is 5.32 Å². The van der Waals surface area contributed by atoms with Gasteiger partial charge in [0.2, 0.25) is 10.0 Å². The number of nitrogens with zero attached hydrogens (tertiary/aromatic N) is 1. The third-order valence-corrected chi connectivity index (χ3v) is 5.35. The average molecular weight is 307 g/mol. The zero-order valence-electron chi connectivity index (χ0n) is 10.6. The Kier molecular flexibility index (Phi) is 4.45. The summed E-state index contributed by atoms with van der Waals surface area (Å²) in [7, 11) is -2.10. The van der Waals surface area contributed by atoms with E-state index in [9.17, 15) is 12.8 Å². The Hall–Kier alpha value is -0.690. The van der Waals surface area contributed by atoms with E-state index in [-0.39, 0.29) is 16.0 Å². The molecule has 1 fully saturated rings. The predicted molar refractivity (Wildman–Crippen MR) is 72.3 cm³/mol. The minimum atomic E-state index is -3.62. The molecular formula is C12H16ClFN2O2S. The second-order valence-corrected chi connectivity index (χ2v) is 7.11. The largest absolute Gasteiger partial charge is 0.313 e. The summed E-state index contributed by atoms with van der Waals surface area (Å²) in [5, 5.41) is 3.05. The van der Waals surface area contributed by atoms with E-state index in [1.165, 1.54) is 17.4 Å². The van der Waals surface area contributed by atoms with E-state index >= 15 is 0 Å². The molecule has 0 radical (unpaired) electrons. The maximum Gasteiger partial charge on any atom is 0.242 e. The molecule has 0 aromatic heterocycles. The van der Waals surface area contributed by atoms with Crippen LogP contribution in [0.2, 0.25) is 5.02 Å². The monoisotopic (exact) mass is 306 g/mol. The van der Waals surface area contributed by atoms with Gasteiger partial charge >= 0.3 is 0 Å². The number of hydrogen-bond donors (Lipinski definition) is 1. The van der Waals surface area contributed by atoms with E-state index in [0.29, 0.717) is 6.54 Å². The maximum absolute atomic E-state index is 13.1. The first-order chi connectivity index (χ1) is 8.91. The van der Waals surface area contributed by atoms with Gasteiger partial charge in [0.25, 0.3) is 0 Å². The zero-order chi connectivity index (χ0) is 14.0. The molecule has 0 spiro atoms. The smallest absolute Gasteiger partial charge is 0.242 e. The lowest BCUT2D eigenvalue weighted by Crippen LogP contribution is -2.38. The third-order valence-electron chi connectivity index (χ3n) is 3.24. The summed E-state index contributed by atoms with van der Waals surface area (Å²) in [5.41, 5.74) is 0. The number of likely N-dealkylation sites (N-methyl/N-ethyl adjacent to an activating group) is 1. The molecule has 1 atom stereocenters. The van der Waals surface area contributed by atoms with Crippen LogP contribution in [-0.2, 0) is 10.0 Å². The molecule has 1 N–H and O–H groups in total. The molecule has 1 aromatic carbocycles. The summed E-state index contributed by atoms with van der Waals surface area (Å²) in [4.78, 5) is 0.0133. The van der Waals surface area contributed by atoms with Crippen molar-refractivity contribution >= 4 is 21.6 Å². The fourth-order valence-corrected chi connectivity index (χ4v) is 3.63. The van der Waals surface area contributed by atoms with Gasteiger partial charge in [-0.1, -0.05) is 11.6 Å². The van der Waals surface area contributed by atoms with Gasteiger partial charge in [0, 0.05) is 19.6 Å². The number of sulfonamides is 1. The lowest BCUT2D eigenvalue weighted by atomic mass is 10.2. The fraction of sp³-hybridized carbons (Fsp3) is 0.500. The standard InChI is InChI=1S/C12H16ClFN2O2S/c1-16(8-9-3-2-6-15-9)19(17,18)10-4-5-12(14)11(13)7-10/h4-5,7,9,15H,2-3,6,8H2,1H3. The van der Waals surface area contributed by atoms with Gasteiger partial charge in [-0.05, 0) is 37.6 Å². The first-order valence-electron chi connectivity index (χ1n) is 6.06. The summed E-state index contributed by atoms with van der Waals surface area (Å²) in [5.74, 6) is -0.624. The van der Waals surface area contributed by atoms with Crippen LogP contribution in [0.25, 0.3) is 0 Å². The quantitative estimate of drug-likeness (QED) is 0.923. The highest BCUT2D eigenvalue weighted by Gasteiger charge is 2.25. The van der Waals surface area contributed by atoms with Crippen LogP contribution < -0.4 is 5.32 Å². The highest BCUT2D eigenvalue weighted by Crippen LogP contribution is 2.22. The Morgan fingerprint density at radius 3 is 2.84 bits per heavy atom. The van der Waals surface area contributed by atoms with Crippen LogP contribution in [0, 0.1) is 5.82 Å². The zero-order valence-corrected chi connectivity index (χ0v) is 12.1. The van der Waals surface area contributed by atoms with E-state index in [4.69, 9.17) is 11.6 Å². The summed E-state index contributed by atoms with van der Waals surface area (Å²) in [6, 6.07) is 3.62. The van der Waals surface area contributed by atoms with E-state index in [1.54, 1.807) is 0 Å². The molecule has 106 valence electrons. The van der Waals surface area contributed by atoms with Gasteiger partial charge in [-0.2, -0.15) is 4.31 Å². The van der Waals surface area contributed by atoms with Crippen molar-refractivity contribution in [2.75, 3.05) is 20.1 Å². The van der Waals surface area contributed by atoms with Crippen LogP contribution in [-0.4, -0.2) is 38.9 Å². The Morgan fingerprint density at radius 1 is 1.53 bits per heavy atom. The minimum absolute atomic E-state index is 0.0133. The van der Waals surface area contributed by atoms with E-state index < -0.39 is 15.8 Å². The molecule has 1 unspecified atom stereocenters. The maximum atomic E-state index is 13.1. The fourth-order valence-electron chi connectivity index (χ4n) is 2.14. The molecule has 0 aliphatic carbocycles. The molecule has 1 aliphatic rings. The van der Waals surface area contributed by atoms with Crippen LogP contribution in [0.1, 0.15) is 12.8 Å². The number of halogens is 2. The number of nitrogens with one attached hydrogen (secondary N) is 1. The molecule has 1 aliphatic heterocycles. The highest BCUT2D eigenvalue weighted by molar-refractivity contribution is 7.89. The SMILES string of the molecule is CN(CC1CCCN1)S(=O)(=O)c1ccc(F)c(Cl)c1. The summed E-state index contributed by atoms with van der Waals surface area (Å²) >= 11 is 5.62. The Labute approximate surface area is 117 Å². The highest BCUT2D eigenvalue weighted by atomic mass is 35.5. The van der Waals surface area contributed by atoms with Crippen LogP contribution in [0.5, 0.6) is 0 Å². The van der Waals surface area contributed by atoms with Crippen molar-refractivity contribution in [3.05, 3.63) is 29.0 Å². The van der Waals surface area contributed by atoms with Crippen molar-refractivity contribution in [3.8, 4) is 0 Å². The molecule has 0 saturated carbocycles. The van der Waals surface area contributed by atoms with Crippen molar-refractivity contribution in [2.45, 2.75) is 23.8 Å². The van der Waals surface area contributed by atoms with Gasteiger partial charge in [0.05, 0.1) is 9.92 Å². The van der Waals surface area contributed by atoms with Gasteiger partial charge < -0.3 is 5.32 Å². The molecule has 1 heterocycles. The van der Waals surface area contributed by atoms with Crippen molar-refractivity contribution in [1.82, 2.24) is 9.62 Å². The minimum Gasteiger partial charge on any atom is -0.313 e. The second kappa shape index (κ2) is 5.75. The molecule has 4 nitrogen and oxygen atoms in total. The number of rotatable bonds is 4. The van der Waals surface area contributed by atoms with E-state index in [1.807, 2.05) is 0 Å². The molecule has 0 amide bonds. The van der Waals surface area contributed by atoms with Crippen molar-refractivity contribution < 1.29 is 12.8 Å². The average Bonchev–Trinajstić information content (AvgIpc) is 2.85. The molecular weight excluding hydrogens is 291 g/mol. The van der Waals surface area contributed by atoms with Crippen molar-refractivity contribution in [2.24, 2.45) is 0 Å². The number of hydrogen-bond acceptors (Lipinski definition) is 3. The molecule has 1 saturated heterocycles. The topological polar surface area (TPSA) is 49.4 Å². The predicted octanol–water partition coefficient (Wildman–Crippen LogP) is 1.85. The van der Waals surface area contributed by atoms with Crippen LogP contribution in [0.4, 0.5) is 4.39 Å². The first-order valence-corrected chi connectivity index (χ1v) is 7.88. The Bertz CT molecular complexity index is 559. The van der Waals surface area contributed by atoms with Crippen LogP contribution in [0.3, 0.4) is 0 Å². The lowest BCUT2D eigenvalue weighted by molar-refractivity contribution is 0.417. The first kappa shape index (κ1) is 14.7. The molecule has 1 aromatic rings. The van der Waals surface area contributed by atoms with Gasteiger partial charge in [-0.15, -0.1) is 0 Å². The van der Waals surface area contributed by atoms with Gasteiger partial charge in [0.15, 0.2) is 0 Å². The number of benzene rings is 1. The van der Waals surface area contributed by atoms with Crippen molar-refractivity contribution in [1.29, 1.82) is 0 Å². The molecule has 7 heteroatoms. The summed E-state index contributed by atoms with van der Waals surface area (Å²) < 4.78 is 38.9. The lowest BCUT2D eigenvalue weighted by Gasteiger charge is -2.21. The molecule has 0 bridgehead atoms. The summed E-state index contributed by atoms with van der Waals surface area (Å²) in [6.07, 6.45) is 2.02. The summed E-state index contributed by atoms with van der Waals surface area (Å²) in [6.45, 7) is 1.32. The van der Waals surface area contributed by atoms with Crippen LogP contribution in [0.15, 0.2) is 23.1 Å². The van der Waals surface area contributed by atoms with Gasteiger partial charge in [-0.3, -0.25) is 0 Å².